The average Bonchev–Trinajstić information content (AvgIpc) is 3.25. The molecule has 2 aliphatic rings. The van der Waals surface area contributed by atoms with Gasteiger partial charge in [-0.15, -0.1) is 0 Å². The van der Waals surface area contributed by atoms with Crippen LogP contribution in [0.15, 0.2) is 35.9 Å². The average molecular weight is 483 g/mol. The molecule has 1 aromatic carbocycles. The van der Waals surface area contributed by atoms with Crippen molar-refractivity contribution >= 4 is 23.5 Å². The Morgan fingerprint density at radius 1 is 1.11 bits per heavy atom. The van der Waals surface area contributed by atoms with Crippen molar-refractivity contribution in [1.82, 2.24) is 20.9 Å². The Labute approximate surface area is 207 Å². The molecule has 4 atom stereocenters. The number of amides is 3. The summed E-state index contributed by atoms with van der Waals surface area (Å²) >= 11 is 0. The molecule has 3 N–H and O–H groups in total. The number of benzene rings is 1. The molecule has 35 heavy (non-hydrogen) atoms. The Morgan fingerprint density at radius 2 is 1.86 bits per heavy atom. The molecule has 190 valence electrons. The standard InChI is InChI=1S/C27H38N4O4/c1-17(2)14-24(32)20-9-7-8-19(15-20)16-29-26(34)23-13-12-21-10-5-6-11-22(27(35)31(21)23)30-25(33)18(3)28-4/h7-9,14-15,18,21-23,28H,5-6,10-13,16H2,1-4H3,(H,29,34)(H,30,33)/t18-,21-,22-,23-/m0/s1. The molecule has 8 nitrogen and oxygen atoms in total. The fraction of sp³-hybridized carbons (Fsp3) is 0.556. The summed E-state index contributed by atoms with van der Waals surface area (Å²) in [7, 11) is 1.70. The van der Waals surface area contributed by atoms with Crippen molar-refractivity contribution in [1.29, 1.82) is 0 Å². The van der Waals surface area contributed by atoms with Crippen molar-refractivity contribution in [2.45, 2.75) is 90.0 Å². The highest BCUT2D eigenvalue weighted by molar-refractivity contribution is 6.05. The normalized spacial score (nSPS) is 22.9. The first-order valence-electron chi connectivity index (χ1n) is 12.6. The summed E-state index contributed by atoms with van der Waals surface area (Å²) in [4.78, 5) is 53.2. The van der Waals surface area contributed by atoms with E-state index in [1.807, 2.05) is 19.9 Å². The van der Waals surface area contributed by atoms with Crippen molar-refractivity contribution in [2.75, 3.05) is 7.05 Å². The fourth-order valence-corrected chi connectivity index (χ4v) is 4.84. The fourth-order valence-electron chi connectivity index (χ4n) is 4.84. The van der Waals surface area contributed by atoms with E-state index in [9.17, 15) is 19.2 Å². The maximum Gasteiger partial charge on any atom is 0.246 e. The number of likely N-dealkylation sites (N-methyl/N-ethyl adjacent to an activating group) is 1. The molecule has 1 aromatic rings. The van der Waals surface area contributed by atoms with E-state index in [1.54, 1.807) is 43.1 Å². The van der Waals surface area contributed by atoms with E-state index in [4.69, 9.17) is 0 Å². The van der Waals surface area contributed by atoms with Crippen LogP contribution in [0.5, 0.6) is 0 Å². The van der Waals surface area contributed by atoms with Gasteiger partial charge in [-0.2, -0.15) is 0 Å². The van der Waals surface area contributed by atoms with Gasteiger partial charge in [0.05, 0.1) is 6.04 Å². The number of nitrogens with one attached hydrogen (secondary N) is 3. The molecule has 3 amide bonds. The van der Waals surface area contributed by atoms with Crippen LogP contribution in [0.25, 0.3) is 0 Å². The number of carbonyl (C=O) groups excluding carboxylic acids is 4. The van der Waals surface area contributed by atoms with Gasteiger partial charge in [0.1, 0.15) is 12.1 Å². The lowest BCUT2D eigenvalue weighted by molar-refractivity contribution is -0.144. The Bertz CT molecular complexity index is 985. The van der Waals surface area contributed by atoms with Crippen LogP contribution in [0, 0.1) is 0 Å². The zero-order valence-corrected chi connectivity index (χ0v) is 21.2. The van der Waals surface area contributed by atoms with E-state index in [0.29, 0.717) is 18.4 Å². The lowest BCUT2D eigenvalue weighted by atomic mass is 9.98. The van der Waals surface area contributed by atoms with Gasteiger partial charge in [-0.3, -0.25) is 19.2 Å². The number of hydrogen-bond donors (Lipinski definition) is 3. The minimum atomic E-state index is -0.618. The van der Waals surface area contributed by atoms with Crippen molar-refractivity contribution < 1.29 is 19.2 Å². The SMILES string of the molecule is CN[C@@H](C)C(=O)N[C@H]1CCCC[C@H]2CC[C@@H](C(=O)NCc3cccc(C(=O)C=C(C)C)c3)N2C1=O. The Hall–Kier alpha value is -3.00. The maximum absolute atomic E-state index is 13.5. The molecule has 0 aliphatic carbocycles. The highest BCUT2D eigenvalue weighted by atomic mass is 16.2. The zero-order valence-electron chi connectivity index (χ0n) is 21.2. The molecule has 0 saturated carbocycles. The number of rotatable bonds is 8. The highest BCUT2D eigenvalue weighted by Crippen LogP contribution is 2.31. The predicted octanol–water partition coefficient (Wildman–Crippen LogP) is 2.48. The smallest absolute Gasteiger partial charge is 0.246 e. The highest BCUT2D eigenvalue weighted by Gasteiger charge is 2.43. The Balaban J connectivity index is 1.68. The maximum atomic E-state index is 13.5. The number of nitrogens with zero attached hydrogens (tertiary/aromatic N) is 1. The summed E-state index contributed by atoms with van der Waals surface area (Å²) in [6.07, 6.45) is 6.26. The third-order valence-electron chi connectivity index (χ3n) is 6.88. The van der Waals surface area contributed by atoms with Crippen LogP contribution in [0.4, 0.5) is 0 Å². The van der Waals surface area contributed by atoms with Gasteiger partial charge in [0.2, 0.25) is 17.7 Å². The molecule has 3 rings (SSSR count). The first kappa shape index (κ1) is 26.6. The molecule has 0 spiro atoms. The Morgan fingerprint density at radius 3 is 2.57 bits per heavy atom. The van der Waals surface area contributed by atoms with Crippen LogP contribution >= 0.6 is 0 Å². The molecular weight excluding hydrogens is 444 g/mol. The summed E-state index contributed by atoms with van der Waals surface area (Å²) in [6.45, 7) is 5.78. The monoisotopic (exact) mass is 482 g/mol. The third-order valence-corrected chi connectivity index (χ3v) is 6.88. The van der Waals surface area contributed by atoms with Gasteiger partial charge in [0.15, 0.2) is 5.78 Å². The van der Waals surface area contributed by atoms with Crippen molar-refractivity contribution in [3.63, 3.8) is 0 Å². The van der Waals surface area contributed by atoms with E-state index in [1.165, 1.54) is 0 Å². The van der Waals surface area contributed by atoms with Crippen molar-refractivity contribution in [3.8, 4) is 0 Å². The number of carbonyl (C=O) groups is 4. The van der Waals surface area contributed by atoms with E-state index in [-0.39, 0.29) is 36.1 Å². The van der Waals surface area contributed by atoms with E-state index >= 15 is 0 Å². The third kappa shape index (κ3) is 6.78. The quantitative estimate of drug-likeness (QED) is 0.390. The van der Waals surface area contributed by atoms with Crippen LogP contribution in [0.2, 0.25) is 0 Å². The predicted molar refractivity (Wildman–Crippen MR) is 135 cm³/mol. The zero-order chi connectivity index (χ0) is 25.5. The van der Waals surface area contributed by atoms with Gasteiger partial charge in [-0.25, -0.2) is 0 Å². The molecule has 2 saturated heterocycles. The second kappa shape index (κ2) is 12.1. The van der Waals surface area contributed by atoms with Crippen LogP contribution in [-0.2, 0) is 20.9 Å². The second-order valence-electron chi connectivity index (χ2n) is 9.85. The molecule has 0 aromatic heterocycles. The number of ketones is 1. The minimum absolute atomic E-state index is 0.0182. The van der Waals surface area contributed by atoms with Crippen molar-refractivity contribution in [3.05, 3.63) is 47.0 Å². The van der Waals surface area contributed by atoms with E-state index < -0.39 is 18.1 Å². The lowest BCUT2D eigenvalue weighted by Crippen LogP contribution is -2.57. The van der Waals surface area contributed by atoms with E-state index in [2.05, 4.69) is 16.0 Å². The largest absolute Gasteiger partial charge is 0.350 e. The van der Waals surface area contributed by atoms with Crippen LogP contribution in [0.1, 0.15) is 75.2 Å². The van der Waals surface area contributed by atoms with Crippen LogP contribution in [0.3, 0.4) is 0 Å². The topological polar surface area (TPSA) is 108 Å². The molecule has 0 radical (unpaired) electrons. The van der Waals surface area contributed by atoms with Gasteiger partial charge in [0.25, 0.3) is 0 Å². The summed E-state index contributed by atoms with van der Waals surface area (Å²) < 4.78 is 0. The van der Waals surface area contributed by atoms with Gasteiger partial charge in [-0.1, -0.05) is 36.6 Å². The van der Waals surface area contributed by atoms with Crippen LogP contribution < -0.4 is 16.0 Å². The van der Waals surface area contributed by atoms with Gasteiger partial charge in [-0.05, 0) is 71.2 Å². The summed E-state index contributed by atoms with van der Waals surface area (Å²) in [6, 6.07) is 5.67. The summed E-state index contributed by atoms with van der Waals surface area (Å²) in [5, 5.41) is 8.75. The molecule has 2 fully saturated rings. The molecule has 8 heteroatoms. The minimum Gasteiger partial charge on any atom is -0.350 e. The van der Waals surface area contributed by atoms with Gasteiger partial charge < -0.3 is 20.9 Å². The van der Waals surface area contributed by atoms with Gasteiger partial charge in [0, 0.05) is 18.2 Å². The molecule has 0 bridgehead atoms. The van der Waals surface area contributed by atoms with Crippen LogP contribution in [-0.4, -0.2) is 59.6 Å². The number of allylic oxidation sites excluding steroid dienone is 2. The Kier molecular flexibility index (Phi) is 9.20. The first-order valence-corrected chi connectivity index (χ1v) is 12.6. The molecule has 2 aliphatic heterocycles. The summed E-state index contributed by atoms with van der Waals surface area (Å²) in [5.74, 6) is -0.649. The van der Waals surface area contributed by atoms with E-state index in [0.717, 1.165) is 36.8 Å². The van der Waals surface area contributed by atoms with Gasteiger partial charge >= 0.3 is 0 Å². The molecule has 0 unspecified atom stereocenters. The second-order valence-corrected chi connectivity index (χ2v) is 9.85. The lowest BCUT2D eigenvalue weighted by Gasteiger charge is -2.35. The number of hydrogen-bond acceptors (Lipinski definition) is 5. The first-order chi connectivity index (χ1) is 16.7. The number of fused-ring (bicyclic) bond motifs is 1. The molecule has 2 heterocycles. The summed E-state index contributed by atoms with van der Waals surface area (Å²) in [5.41, 5.74) is 2.33. The van der Waals surface area contributed by atoms with Crippen molar-refractivity contribution in [2.24, 2.45) is 0 Å². The molecular formula is C27H38N4O4.